The highest BCUT2D eigenvalue weighted by atomic mass is 79.9. The van der Waals surface area contributed by atoms with Crippen LogP contribution in [0.2, 0.25) is 0 Å². The lowest BCUT2D eigenvalue weighted by Crippen LogP contribution is -2.10. The fourth-order valence-corrected chi connectivity index (χ4v) is 3.84. The Hall–Kier alpha value is -2.21. The van der Waals surface area contributed by atoms with Crippen LogP contribution in [-0.4, -0.2) is 33.7 Å². The molecular weight excluding hydrogens is 451 g/mol. The molecule has 3 aromatic heterocycles. The summed E-state index contributed by atoms with van der Waals surface area (Å²) >= 11 is 3.14. The Morgan fingerprint density at radius 1 is 1.26 bits per heavy atom. The Kier molecular flexibility index (Phi) is 4.67. The van der Waals surface area contributed by atoms with Crippen molar-refractivity contribution in [1.29, 1.82) is 0 Å². The van der Waals surface area contributed by atoms with E-state index >= 15 is 0 Å². The Morgan fingerprint density at radius 3 is 2.52 bits per heavy atom. The average Bonchev–Trinajstić information content (AvgIpc) is 2.92. The van der Waals surface area contributed by atoms with Crippen LogP contribution >= 0.6 is 15.9 Å². The van der Waals surface area contributed by atoms with Gasteiger partial charge in [-0.3, -0.25) is 0 Å². The largest absolute Gasteiger partial charge is 0.433 e. The molecule has 3 heterocycles. The number of rotatable bonds is 3. The minimum Gasteiger partial charge on any atom is -0.397 e. The Labute approximate surface area is 160 Å². The van der Waals surface area contributed by atoms with Crippen LogP contribution in [-0.2, 0) is 23.1 Å². The minimum absolute atomic E-state index is 0.00909. The maximum Gasteiger partial charge on any atom is 0.433 e. The van der Waals surface area contributed by atoms with Crippen molar-refractivity contribution in [2.24, 2.45) is 7.05 Å². The van der Waals surface area contributed by atoms with Crippen molar-refractivity contribution >= 4 is 42.5 Å². The smallest absolute Gasteiger partial charge is 0.397 e. The first-order valence-corrected chi connectivity index (χ1v) is 9.99. The topological polar surface area (TPSA) is 104 Å². The van der Waals surface area contributed by atoms with E-state index in [2.05, 4.69) is 30.9 Å². The summed E-state index contributed by atoms with van der Waals surface area (Å²) in [6.07, 6.45) is -3.58. The monoisotopic (exact) mass is 463 g/mol. The number of hydrogen-bond acceptors (Lipinski definition) is 6. The van der Waals surface area contributed by atoms with Gasteiger partial charge < -0.3 is 10.3 Å². The predicted molar refractivity (Wildman–Crippen MR) is 96.6 cm³/mol. The Bertz CT molecular complexity index is 1160. The predicted octanol–water partition coefficient (Wildman–Crippen LogP) is 3.19. The molecule has 0 saturated carbocycles. The number of nitrogen functional groups attached to an aromatic ring is 1. The third-order valence-corrected chi connectivity index (χ3v) is 6.33. The van der Waals surface area contributed by atoms with Crippen LogP contribution in [0.15, 0.2) is 27.8 Å². The van der Waals surface area contributed by atoms with Crippen molar-refractivity contribution < 1.29 is 21.6 Å². The number of aromatic nitrogens is 4. The number of nitrogens with two attached hydrogens (primary N) is 1. The highest BCUT2D eigenvalue weighted by Crippen LogP contribution is 2.34. The molecule has 3 aromatic rings. The summed E-state index contributed by atoms with van der Waals surface area (Å²) in [6.45, 7) is 1.46. The molecule has 0 atom stereocenters. The van der Waals surface area contributed by atoms with E-state index in [1.165, 1.54) is 24.6 Å². The SMILES string of the molecule is CCS(=O)(=O)c1cc(N)c(Br)nc1-c1nc2cc(C(F)(F)F)ncc2n1C. The van der Waals surface area contributed by atoms with Crippen LogP contribution in [0.3, 0.4) is 0 Å². The first-order chi connectivity index (χ1) is 12.5. The van der Waals surface area contributed by atoms with Gasteiger partial charge in [-0.15, -0.1) is 0 Å². The maximum atomic E-state index is 12.9. The standard InChI is InChI=1S/C15H13BrF3N5O2S/c1-3-27(25,26)10-4-7(20)13(16)23-12(10)14-22-8-5-11(15(17,18)19)21-6-9(8)24(14)2/h4-6H,3,20H2,1-2H3. The number of aryl methyl sites for hydroxylation is 1. The van der Waals surface area contributed by atoms with Crippen molar-refractivity contribution in [2.45, 2.75) is 18.0 Å². The lowest BCUT2D eigenvalue weighted by atomic mass is 10.3. The van der Waals surface area contributed by atoms with Gasteiger partial charge in [-0.05, 0) is 28.1 Å². The van der Waals surface area contributed by atoms with Crippen molar-refractivity contribution in [3.8, 4) is 11.5 Å². The second kappa shape index (κ2) is 6.44. The first-order valence-electron chi connectivity index (χ1n) is 7.54. The van der Waals surface area contributed by atoms with E-state index < -0.39 is 21.7 Å². The molecule has 3 rings (SSSR count). The molecule has 0 aliphatic heterocycles. The molecule has 0 aromatic carbocycles. The molecule has 0 amide bonds. The van der Waals surface area contributed by atoms with Crippen molar-refractivity contribution in [3.63, 3.8) is 0 Å². The minimum atomic E-state index is -4.62. The van der Waals surface area contributed by atoms with Gasteiger partial charge in [-0.25, -0.2) is 23.4 Å². The van der Waals surface area contributed by atoms with Gasteiger partial charge in [-0.1, -0.05) is 6.92 Å². The summed E-state index contributed by atoms with van der Waals surface area (Å²) < 4.78 is 65.3. The van der Waals surface area contributed by atoms with Gasteiger partial charge in [0.1, 0.15) is 16.0 Å². The molecule has 0 aliphatic rings. The normalized spacial score (nSPS) is 12.7. The molecule has 27 heavy (non-hydrogen) atoms. The first kappa shape index (κ1) is 19.5. The summed E-state index contributed by atoms with van der Waals surface area (Å²) in [5.41, 5.74) is 5.10. The lowest BCUT2D eigenvalue weighted by Gasteiger charge is -2.11. The number of sulfone groups is 1. The average molecular weight is 464 g/mol. The third-order valence-electron chi connectivity index (χ3n) is 3.95. The van der Waals surface area contributed by atoms with Crippen molar-refractivity contribution in [2.75, 3.05) is 11.5 Å². The molecule has 7 nitrogen and oxygen atoms in total. The van der Waals surface area contributed by atoms with Crippen LogP contribution < -0.4 is 5.73 Å². The molecular formula is C15H13BrF3N5O2S. The van der Waals surface area contributed by atoms with E-state index in [0.717, 1.165) is 12.3 Å². The van der Waals surface area contributed by atoms with Crippen molar-refractivity contribution in [3.05, 3.63) is 28.6 Å². The van der Waals surface area contributed by atoms with Crippen LogP contribution in [0.4, 0.5) is 18.9 Å². The van der Waals surface area contributed by atoms with E-state index in [9.17, 15) is 21.6 Å². The molecule has 2 N–H and O–H groups in total. The second-order valence-electron chi connectivity index (χ2n) is 5.67. The fraction of sp³-hybridized carbons (Fsp3) is 0.267. The summed E-state index contributed by atoms with van der Waals surface area (Å²) in [7, 11) is -2.18. The molecule has 0 aliphatic carbocycles. The number of halogens is 4. The second-order valence-corrected chi connectivity index (χ2v) is 8.67. The van der Waals surface area contributed by atoms with Gasteiger partial charge in [0.2, 0.25) is 0 Å². The van der Waals surface area contributed by atoms with E-state index in [1.807, 2.05) is 0 Å². The van der Waals surface area contributed by atoms with E-state index in [4.69, 9.17) is 5.73 Å². The van der Waals surface area contributed by atoms with Crippen LogP contribution in [0, 0.1) is 0 Å². The van der Waals surface area contributed by atoms with Gasteiger partial charge >= 0.3 is 6.18 Å². The van der Waals surface area contributed by atoms with Crippen molar-refractivity contribution in [1.82, 2.24) is 19.5 Å². The fourth-order valence-electron chi connectivity index (χ4n) is 2.50. The zero-order chi connectivity index (χ0) is 20.1. The summed E-state index contributed by atoms with van der Waals surface area (Å²) in [5, 5.41) is 0. The highest BCUT2D eigenvalue weighted by molar-refractivity contribution is 9.10. The number of fused-ring (bicyclic) bond motifs is 1. The Balaban J connectivity index is 2.33. The maximum absolute atomic E-state index is 12.9. The molecule has 0 unspecified atom stereocenters. The van der Waals surface area contributed by atoms with Gasteiger partial charge in [0.05, 0.1) is 33.6 Å². The molecule has 0 saturated heterocycles. The number of imidazole rings is 1. The molecule has 0 fully saturated rings. The number of anilines is 1. The third kappa shape index (κ3) is 3.38. The number of alkyl halides is 3. The Morgan fingerprint density at radius 2 is 1.93 bits per heavy atom. The summed E-state index contributed by atoms with van der Waals surface area (Å²) in [4.78, 5) is 11.6. The molecule has 144 valence electrons. The quantitative estimate of drug-likeness (QED) is 0.598. The summed E-state index contributed by atoms with van der Waals surface area (Å²) in [5.74, 6) is -0.120. The van der Waals surface area contributed by atoms with E-state index in [-0.39, 0.29) is 38.0 Å². The summed E-state index contributed by atoms with van der Waals surface area (Å²) in [6, 6.07) is 2.06. The number of nitrogens with zero attached hydrogens (tertiary/aromatic N) is 4. The highest BCUT2D eigenvalue weighted by Gasteiger charge is 2.33. The molecule has 0 bridgehead atoms. The van der Waals surface area contributed by atoms with E-state index in [1.54, 1.807) is 0 Å². The molecule has 0 radical (unpaired) electrons. The van der Waals surface area contributed by atoms with Gasteiger partial charge in [0.15, 0.2) is 15.7 Å². The molecule has 12 heteroatoms. The zero-order valence-corrected chi connectivity index (χ0v) is 16.4. The lowest BCUT2D eigenvalue weighted by molar-refractivity contribution is -0.141. The van der Waals surface area contributed by atoms with Crippen LogP contribution in [0.5, 0.6) is 0 Å². The number of pyridine rings is 2. The van der Waals surface area contributed by atoms with E-state index in [0.29, 0.717) is 5.52 Å². The zero-order valence-electron chi connectivity index (χ0n) is 14.0. The van der Waals surface area contributed by atoms with Gasteiger partial charge in [-0.2, -0.15) is 13.2 Å². The van der Waals surface area contributed by atoms with Crippen LogP contribution in [0.1, 0.15) is 12.6 Å². The van der Waals surface area contributed by atoms with Gasteiger partial charge in [0.25, 0.3) is 0 Å². The van der Waals surface area contributed by atoms with Gasteiger partial charge in [0, 0.05) is 7.05 Å². The van der Waals surface area contributed by atoms with Crippen LogP contribution in [0.25, 0.3) is 22.6 Å². The molecule has 0 spiro atoms. The number of hydrogen-bond donors (Lipinski definition) is 1.